The number of nitrogens with one attached hydrogen (secondary N) is 1. The molecule has 0 fully saturated rings. The van der Waals surface area contributed by atoms with Crippen molar-refractivity contribution in [1.29, 1.82) is 0 Å². The molecule has 0 aliphatic heterocycles. The Balaban J connectivity index is 0.000000315. The van der Waals surface area contributed by atoms with Crippen molar-refractivity contribution >= 4 is 76.8 Å². The van der Waals surface area contributed by atoms with E-state index >= 15 is 87.8 Å². The van der Waals surface area contributed by atoms with Crippen molar-refractivity contribution in [3.05, 3.63) is 193 Å². The molecule has 0 aliphatic carbocycles. The largest absolute Gasteiger partial charge is 0.305 e. The molecule has 1 nitrogen and oxygen atoms in total. The highest BCUT2D eigenvalue weighted by molar-refractivity contribution is 7.20. The van der Waals surface area contributed by atoms with Gasteiger partial charge in [0.05, 0.1) is 56.7 Å². The van der Waals surface area contributed by atoms with Gasteiger partial charge in [-0.05, 0) is 43.4 Å². The lowest BCUT2D eigenvalue weighted by Gasteiger charge is -2.45. The highest BCUT2D eigenvalue weighted by Crippen LogP contribution is 2.42. The fourth-order valence-electron chi connectivity index (χ4n) is 15.5. The molecule has 0 spiro atoms. The van der Waals surface area contributed by atoms with Gasteiger partial charge >= 0.3 is 0 Å². The molecule has 1 unspecified atom stereocenters. The van der Waals surface area contributed by atoms with Crippen molar-refractivity contribution in [1.82, 2.24) is 0 Å². The van der Waals surface area contributed by atoms with Crippen LogP contribution in [0.15, 0.2) is 24.3 Å². The molecule has 0 aromatic heterocycles. The van der Waals surface area contributed by atoms with Crippen molar-refractivity contribution in [3.63, 3.8) is 0 Å². The smallest absolute Gasteiger partial charge is 0.198 e. The molecule has 624 valence electrons. The van der Waals surface area contributed by atoms with Gasteiger partial charge < -0.3 is 4.90 Å². The van der Waals surface area contributed by atoms with Crippen molar-refractivity contribution in [2.45, 2.75) is 232 Å². The topological polar surface area (TPSA) is 4.44 Å². The average Bonchev–Trinajstić information content (AvgIpc) is 0.668. The molecule has 0 saturated heterocycles. The molecule has 1 N–H and O–H groups in total. The second kappa shape index (κ2) is 41.3. The minimum atomic E-state index is -7.99. The Kier molecular flexibility index (Phi) is 33.2. The quantitative estimate of drug-likeness (QED) is 0.0128. The molecule has 9 rings (SSSR count). The molecule has 0 radical (unpaired) electrons. The zero-order valence-corrected chi connectivity index (χ0v) is 62.7. The predicted molar refractivity (Wildman–Crippen MR) is 384 cm³/mol. The molecule has 0 bridgehead atoms. The van der Waals surface area contributed by atoms with Gasteiger partial charge in [0, 0.05) is 0 Å². The van der Waals surface area contributed by atoms with Crippen LogP contribution in [-0.2, 0) is 6.42 Å². The van der Waals surface area contributed by atoms with E-state index in [-0.39, 0.29) is 0 Å². The molecule has 30 heteroatoms. The van der Waals surface area contributed by atoms with Gasteiger partial charge in [-0.25, -0.2) is 123 Å². The first kappa shape index (κ1) is 91.6. The molecule has 0 saturated carbocycles. The normalized spacial score (nSPS) is 12.3. The van der Waals surface area contributed by atoms with E-state index in [1.165, 1.54) is 236 Å². The van der Waals surface area contributed by atoms with Crippen molar-refractivity contribution in [3.8, 4) is 0 Å². The van der Waals surface area contributed by atoms with Crippen molar-refractivity contribution in [2.75, 3.05) is 13.6 Å². The fourth-order valence-corrected chi connectivity index (χ4v) is 15.5. The minimum absolute atomic E-state index is 1.26. The number of hydrogen-bond donors (Lipinski definition) is 1. The first-order chi connectivity index (χ1) is 54.3. The highest BCUT2D eigenvalue weighted by Gasteiger charge is 2.53. The van der Waals surface area contributed by atoms with Gasteiger partial charge in [0.1, 0.15) is 58.4 Å². The molecule has 1 atom stereocenters. The third-order valence-corrected chi connectivity index (χ3v) is 21.6. The number of halogens is 28. The van der Waals surface area contributed by atoms with E-state index < -0.39 is 234 Å². The fraction of sp³-hybridized carbons (Fsp3) is 0.452. The van der Waals surface area contributed by atoms with E-state index in [0.717, 1.165) is 0 Å². The number of quaternary nitrogens is 1. The van der Waals surface area contributed by atoms with Crippen molar-refractivity contribution < 1.29 is 128 Å². The maximum Gasteiger partial charge on any atom is 0.198 e. The third-order valence-electron chi connectivity index (χ3n) is 21.6. The zero-order chi connectivity index (χ0) is 83.9. The Morgan fingerprint density at radius 1 is 0.193 bits per heavy atom. The van der Waals surface area contributed by atoms with Crippen LogP contribution in [0.5, 0.6) is 0 Å². The van der Waals surface area contributed by atoms with Gasteiger partial charge in [-0.15, -0.1) is 21.9 Å². The summed E-state index contributed by atoms with van der Waals surface area (Å²) in [6, 6.07) is 9.59. The van der Waals surface area contributed by atoms with E-state index in [1.54, 1.807) is 4.90 Å². The van der Waals surface area contributed by atoms with Gasteiger partial charge in [0.2, 0.25) is 0 Å². The molecule has 114 heavy (non-hydrogen) atoms. The van der Waals surface area contributed by atoms with Crippen LogP contribution in [0.3, 0.4) is 0 Å². The summed E-state index contributed by atoms with van der Waals surface area (Å²) >= 11 is 0. The van der Waals surface area contributed by atoms with Gasteiger partial charge in [0.15, 0.2) is 116 Å². The monoisotopic (exact) mass is 1650 g/mol. The van der Waals surface area contributed by atoms with E-state index in [4.69, 9.17) is 0 Å². The standard InChI is InChI=1S/C44H83N.C40BF28/c1-4-6-8-10-12-14-16-18-20-22-23-25-27-29-31-33-35-37-43-38-40-44(41-39-43)45(3)42-36-34-32-30-28-26-24-21-19-17-15-13-11-9-7-5-2;42-13-1-5(25(54)37(66)33(62)21(1)50)17(46)29(58)9(13)41(10-14(43)2-6(18(47)30(10)59)26(55)38(67)34(63)22(2)51,11-15(44)3-7(19(48)31(11)60)27(56)39(68)35(64)23(3)52)12-16(45)4-8(20(49)32(12)61)28(57)40(69)36(65)24(4)53/h38-41H,4-37,42H2,1-3H3;/q;-1/p+1. The number of hydrogen-bond acceptors (Lipinski definition) is 0. The van der Waals surface area contributed by atoms with Gasteiger partial charge in [-0.3, -0.25) is 0 Å². The second-order valence-corrected chi connectivity index (χ2v) is 29.2. The summed E-state index contributed by atoms with van der Waals surface area (Å²) in [6.45, 7) is 5.89. The van der Waals surface area contributed by atoms with E-state index in [1.807, 2.05) is 0 Å². The SMILES string of the molecule is CCCCCCCCCCCCCCCCCCCc1ccc([NH+](C)CCCCCCCCCCCCCCCCCC)cc1.Fc1c(F)c(F)c2c(F)c([B-](c3c(F)c(F)c4c(F)c(F)c(F)c(F)c4c3F)(c3c(F)c(F)c4c(F)c(F)c(F)c(F)c4c3F)c3c(F)c(F)c4c(F)c(F)c(F)c(F)c4c3F)c(F)c(F)c2c1F. The van der Waals surface area contributed by atoms with Crippen LogP contribution in [0, 0.1) is 163 Å². The Morgan fingerprint density at radius 2 is 0.360 bits per heavy atom. The number of unbranched alkanes of at least 4 members (excludes halogenated alkanes) is 31. The van der Waals surface area contributed by atoms with Gasteiger partial charge in [0.25, 0.3) is 0 Å². The number of aryl methyl sites for hydroxylation is 1. The number of rotatable bonds is 40. The van der Waals surface area contributed by atoms with Crippen LogP contribution >= 0.6 is 0 Å². The Hall–Kier alpha value is -7.92. The first-order valence-electron chi connectivity index (χ1n) is 38.6. The number of benzene rings is 9. The molecule has 0 heterocycles. The predicted octanol–water partition coefficient (Wildman–Crippen LogP) is 25.9. The van der Waals surface area contributed by atoms with E-state index in [0.29, 0.717) is 0 Å². The maximum atomic E-state index is 17.4. The summed E-state index contributed by atoms with van der Waals surface area (Å²) in [4.78, 5) is 1.59. The summed E-state index contributed by atoms with van der Waals surface area (Å²) in [7, 11) is 2.36. The van der Waals surface area contributed by atoms with Crippen molar-refractivity contribution in [2.24, 2.45) is 0 Å². The lowest BCUT2D eigenvalue weighted by Crippen LogP contribution is -3.03. The van der Waals surface area contributed by atoms with Crippen LogP contribution in [0.4, 0.5) is 129 Å². The molecule has 0 amide bonds. The molecule has 0 aliphatic rings. The van der Waals surface area contributed by atoms with Gasteiger partial charge in [-0.1, -0.05) is 219 Å². The van der Waals surface area contributed by atoms with Crippen LogP contribution in [-0.4, -0.2) is 19.7 Å². The Morgan fingerprint density at radius 3 is 0.561 bits per heavy atom. The van der Waals surface area contributed by atoms with Crippen LogP contribution in [0.25, 0.3) is 43.1 Å². The summed E-state index contributed by atoms with van der Waals surface area (Å²) in [5.41, 5.74) is -12.9. The molecular formula is C84H84BF28N. The first-order valence-corrected chi connectivity index (χ1v) is 38.6. The minimum Gasteiger partial charge on any atom is -0.305 e. The van der Waals surface area contributed by atoms with E-state index in [9.17, 15) is 35.1 Å². The third kappa shape index (κ3) is 18.7. The lowest BCUT2D eigenvalue weighted by molar-refractivity contribution is -0.810. The van der Waals surface area contributed by atoms with Gasteiger partial charge in [-0.2, -0.15) is 0 Å². The molecule has 9 aromatic rings. The molecular weight excluding hydrogens is 1570 g/mol. The lowest BCUT2D eigenvalue weighted by atomic mass is 9.12. The maximum absolute atomic E-state index is 17.4. The summed E-state index contributed by atoms with van der Waals surface area (Å²) in [6.07, 6.45) is 41.1. The summed E-state index contributed by atoms with van der Waals surface area (Å²) in [5, 5.41) is -25.0. The van der Waals surface area contributed by atoms with Crippen LogP contribution < -0.4 is 26.8 Å². The van der Waals surface area contributed by atoms with E-state index in [2.05, 4.69) is 45.2 Å². The van der Waals surface area contributed by atoms with Crippen LogP contribution in [0.1, 0.15) is 231 Å². The highest BCUT2D eigenvalue weighted by atomic mass is 19.2. The summed E-state index contributed by atoms with van der Waals surface area (Å²) < 4.78 is 442. The average molecular weight is 1650 g/mol. The zero-order valence-electron chi connectivity index (χ0n) is 62.7. The van der Waals surface area contributed by atoms with Crippen LogP contribution in [0.2, 0.25) is 0 Å². The Bertz CT molecular complexity index is 4420. The second-order valence-electron chi connectivity index (χ2n) is 29.2. The molecule has 9 aromatic carbocycles. The Labute approximate surface area is 640 Å². The summed E-state index contributed by atoms with van der Waals surface area (Å²) in [5.74, 6) is -102. The number of fused-ring (bicyclic) bond motifs is 4.